The van der Waals surface area contributed by atoms with Crippen molar-refractivity contribution >= 4 is 5.78 Å². The van der Waals surface area contributed by atoms with Crippen LogP contribution in [0.15, 0.2) is 0 Å². The van der Waals surface area contributed by atoms with Crippen LogP contribution >= 0.6 is 0 Å². The van der Waals surface area contributed by atoms with E-state index in [0.29, 0.717) is 6.42 Å². The number of Topliss-reactive ketones (excluding diaryl/α,β-unsaturated/α-hetero) is 1. The maximum atomic E-state index is 11.4. The van der Waals surface area contributed by atoms with E-state index in [2.05, 4.69) is 5.32 Å². The third-order valence-corrected chi connectivity index (χ3v) is 2.70. The first-order valence-electron chi connectivity index (χ1n) is 5.12. The van der Waals surface area contributed by atoms with Crippen molar-refractivity contribution in [3.63, 3.8) is 0 Å². The summed E-state index contributed by atoms with van der Waals surface area (Å²) < 4.78 is 10.3. The molecule has 0 aliphatic heterocycles. The number of hydrogen-bond acceptors (Lipinski definition) is 4. The van der Waals surface area contributed by atoms with Crippen LogP contribution in [-0.2, 0) is 14.3 Å². The lowest BCUT2D eigenvalue weighted by Crippen LogP contribution is -2.47. The molecule has 0 spiro atoms. The second-order valence-corrected chi connectivity index (χ2v) is 4.43. The molecule has 90 valence electrons. The van der Waals surface area contributed by atoms with Gasteiger partial charge in [-0.15, -0.1) is 0 Å². The van der Waals surface area contributed by atoms with Crippen LogP contribution in [-0.4, -0.2) is 39.4 Å². The topological polar surface area (TPSA) is 47.6 Å². The average molecular weight is 217 g/mol. The van der Waals surface area contributed by atoms with Crippen molar-refractivity contribution in [2.75, 3.05) is 21.3 Å². The number of likely N-dealkylation sites (N-methyl/N-ethyl adjacent to an activating group) is 1. The first-order chi connectivity index (χ1) is 6.88. The minimum absolute atomic E-state index is 0.133. The van der Waals surface area contributed by atoms with Gasteiger partial charge in [-0.05, 0) is 19.4 Å². The van der Waals surface area contributed by atoms with Crippen molar-refractivity contribution in [2.45, 2.75) is 39.5 Å². The fourth-order valence-corrected chi connectivity index (χ4v) is 1.95. The van der Waals surface area contributed by atoms with Crippen molar-refractivity contribution in [3.8, 4) is 0 Å². The van der Waals surface area contributed by atoms with Gasteiger partial charge in [-0.2, -0.15) is 0 Å². The normalized spacial score (nSPS) is 14.3. The highest BCUT2D eigenvalue weighted by molar-refractivity contribution is 5.82. The molecule has 0 radical (unpaired) electrons. The first-order valence-corrected chi connectivity index (χ1v) is 5.12. The molecule has 0 aromatic heterocycles. The molecule has 0 aliphatic carbocycles. The van der Waals surface area contributed by atoms with Crippen molar-refractivity contribution < 1.29 is 14.3 Å². The molecule has 0 aromatic rings. The van der Waals surface area contributed by atoms with Crippen LogP contribution in [0.5, 0.6) is 0 Å². The number of ketones is 1. The molecule has 0 aliphatic rings. The van der Waals surface area contributed by atoms with E-state index in [1.807, 2.05) is 13.8 Å². The largest absolute Gasteiger partial charge is 0.356 e. The second-order valence-electron chi connectivity index (χ2n) is 4.43. The highest BCUT2D eigenvalue weighted by Crippen LogP contribution is 2.28. The van der Waals surface area contributed by atoms with Gasteiger partial charge in [0, 0.05) is 20.6 Å². The molecular formula is C11H23NO3. The number of rotatable bonds is 7. The van der Waals surface area contributed by atoms with E-state index in [9.17, 15) is 4.79 Å². The molecule has 1 N–H and O–H groups in total. The molecule has 0 amide bonds. The fraction of sp³-hybridized carbons (Fsp3) is 0.909. The molecule has 0 aromatic carbocycles. The maximum absolute atomic E-state index is 11.4. The molecule has 1 atom stereocenters. The Labute approximate surface area is 92.3 Å². The summed E-state index contributed by atoms with van der Waals surface area (Å²) in [7, 11) is 5.00. The lowest BCUT2D eigenvalue weighted by atomic mass is 9.79. The highest BCUT2D eigenvalue weighted by Gasteiger charge is 2.34. The van der Waals surface area contributed by atoms with Gasteiger partial charge < -0.3 is 14.8 Å². The summed E-state index contributed by atoms with van der Waals surface area (Å²) in [5.41, 5.74) is -0.197. The summed E-state index contributed by atoms with van der Waals surface area (Å²) in [4.78, 5) is 11.4. The summed E-state index contributed by atoms with van der Waals surface area (Å²) in [6, 6.07) is -0.176. The van der Waals surface area contributed by atoms with Crippen LogP contribution in [0.4, 0.5) is 0 Å². The van der Waals surface area contributed by atoms with Gasteiger partial charge >= 0.3 is 0 Å². The summed E-state index contributed by atoms with van der Waals surface area (Å²) >= 11 is 0. The summed E-state index contributed by atoms with van der Waals surface area (Å²) in [6.07, 6.45) is 0.403. The maximum Gasteiger partial charge on any atom is 0.157 e. The zero-order valence-corrected chi connectivity index (χ0v) is 10.6. The number of carbonyl (C=O) groups excluding carboxylic acids is 1. The number of nitrogens with one attached hydrogen (secondary N) is 1. The van der Waals surface area contributed by atoms with Gasteiger partial charge in [0.1, 0.15) is 5.78 Å². The quantitative estimate of drug-likeness (QED) is 0.651. The van der Waals surface area contributed by atoms with E-state index in [0.717, 1.165) is 0 Å². The van der Waals surface area contributed by atoms with Crippen LogP contribution in [0, 0.1) is 5.41 Å². The number of ether oxygens (including phenoxy) is 2. The zero-order valence-electron chi connectivity index (χ0n) is 10.6. The smallest absolute Gasteiger partial charge is 0.157 e. The Morgan fingerprint density at radius 2 is 1.80 bits per heavy atom. The molecule has 0 saturated carbocycles. The summed E-state index contributed by atoms with van der Waals surface area (Å²) in [5.74, 6) is 0.133. The molecule has 0 saturated heterocycles. The highest BCUT2D eigenvalue weighted by atomic mass is 16.7. The standard InChI is InChI=1S/C11H23NO3/c1-8(13)10(12-4)11(2,3)7-9(14-5)15-6/h9-10,12H,7H2,1-6H3/t10-/m0/s1. The van der Waals surface area contributed by atoms with Crippen LogP contribution in [0.25, 0.3) is 0 Å². The van der Waals surface area contributed by atoms with Gasteiger partial charge in [0.2, 0.25) is 0 Å². The molecule has 4 nitrogen and oxygen atoms in total. The average Bonchev–Trinajstić information content (AvgIpc) is 2.14. The Bertz CT molecular complexity index is 200. The Hall–Kier alpha value is -0.450. The number of methoxy groups -OCH3 is 2. The van der Waals surface area contributed by atoms with E-state index >= 15 is 0 Å². The number of hydrogen-bond donors (Lipinski definition) is 1. The van der Waals surface area contributed by atoms with Gasteiger partial charge in [-0.25, -0.2) is 0 Å². The Morgan fingerprint density at radius 1 is 1.33 bits per heavy atom. The van der Waals surface area contributed by atoms with Crippen LogP contribution in [0.1, 0.15) is 27.2 Å². The minimum atomic E-state index is -0.268. The lowest BCUT2D eigenvalue weighted by molar-refractivity contribution is -0.134. The van der Waals surface area contributed by atoms with Crippen LogP contribution in [0.2, 0.25) is 0 Å². The van der Waals surface area contributed by atoms with Crippen LogP contribution in [0.3, 0.4) is 0 Å². The molecule has 4 heteroatoms. The molecule has 0 unspecified atom stereocenters. The Balaban J connectivity index is 4.55. The van der Waals surface area contributed by atoms with Crippen molar-refractivity contribution in [3.05, 3.63) is 0 Å². The molecule has 15 heavy (non-hydrogen) atoms. The van der Waals surface area contributed by atoms with Crippen molar-refractivity contribution in [1.82, 2.24) is 5.32 Å². The molecule has 0 bridgehead atoms. The van der Waals surface area contributed by atoms with E-state index in [-0.39, 0.29) is 23.5 Å². The van der Waals surface area contributed by atoms with Gasteiger partial charge in [-0.1, -0.05) is 13.8 Å². The van der Waals surface area contributed by atoms with Crippen molar-refractivity contribution in [1.29, 1.82) is 0 Å². The van der Waals surface area contributed by atoms with Gasteiger partial charge in [0.25, 0.3) is 0 Å². The SMILES string of the molecule is CN[C@@H](C(C)=O)C(C)(C)CC(OC)OC. The van der Waals surface area contributed by atoms with Gasteiger partial charge in [-0.3, -0.25) is 4.79 Å². The molecule has 0 fully saturated rings. The molecular weight excluding hydrogens is 194 g/mol. The molecule has 0 heterocycles. The van der Waals surface area contributed by atoms with E-state index in [1.54, 1.807) is 28.2 Å². The lowest BCUT2D eigenvalue weighted by Gasteiger charge is -2.34. The first kappa shape index (κ1) is 14.6. The van der Waals surface area contributed by atoms with Gasteiger partial charge in [0.15, 0.2) is 6.29 Å². The second kappa shape index (κ2) is 6.20. The van der Waals surface area contributed by atoms with Gasteiger partial charge in [0.05, 0.1) is 6.04 Å². The Kier molecular flexibility index (Phi) is 6.02. The van der Waals surface area contributed by atoms with E-state index in [1.165, 1.54) is 0 Å². The predicted octanol–water partition coefficient (Wildman–Crippen LogP) is 1.20. The monoisotopic (exact) mass is 217 g/mol. The summed E-state index contributed by atoms with van der Waals surface area (Å²) in [5, 5.41) is 3.03. The minimum Gasteiger partial charge on any atom is -0.356 e. The summed E-state index contributed by atoms with van der Waals surface area (Å²) in [6.45, 7) is 5.65. The number of carbonyl (C=O) groups is 1. The fourth-order valence-electron chi connectivity index (χ4n) is 1.95. The third kappa shape index (κ3) is 4.28. The Morgan fingerprint density at radius 3 is 2.07 bits per heavy atom. The predicted molar refractivity (Wildman–Crippen MR) is 59.7 cm³/mol. The van der Waals surface area contributed by atoms with Crippen LogP contribution < -0.4 is 5.32 Å². The molecule has 0 rings (SSSR count). The van der Waals surface area contributed by atoms with E-state index in [4.69, 9.17) is 9.47 Å². The third-order valence-electron chi connectivity index (χ3n) is 2.70. The van der Waals surface area contributed by atoms with Crippen molar-refractivity contribution in [2.24, 2.45) is 5.41 Å². The zero-order chi connectivity index (χ0) is 12.1. The van der Waals surface area contributed by atoms with E-state index < -0.39 is 0 Å².